The average molecular weight is 638 g/mol. The molecule has 0 spiro atoms. The van der Waals surface area contributed by atoms with E-state index in [1.807, 2.05) is 4.90 Å². The first-order valence-electron chi connectivity index (χ1n) is 14.0. The second kappa shape index (κ2) is 11.9. The Morgan fingerprint density at radius 3 is 2.66 bits per heavy atom. The van der Waals surface area contributed by atoms with Crippen molar-refractivity contribution in [1.82, 2.24) is 20.2 Å². The fourth-order valence-electron chi connectivity index (χ4n) is 5.45. The lowest BCUT2D eigenvalue weighted by Gasteiger charge is -2.43. The van der Waals surface area contributed by atoms with Crippen LogP contribution in [0, 0.1) is 0 Å². The maximum Gasteiger partial charge on any atom is 0.417 e. The molecule has 2 fully saturated rings. The molecule has 0 amide bonds. The van der Waals surface area contributed by atoms with Gasteiger partial charge in [-0.1, -0.05) is 12.2 Å². The highest BCUT2D eigenvalue weighted by Crippen LogP contribution is 2.44. The number of fused-ring (bicyclic) bond motifs is 4. The van der Waals surface area contributed by atoms with Crippen molar-refractivity contribution in [3.63, 3.8) is 0 Å². The van der Waals surface area contributed by atoms with E-state index in [4.69, 9.17) is 19.0 Å². The standard InChI is InChI=1S/C27H30F3N7O6S/c28-27(29,30)26-6-9-36(10-7-26)22-16-18(35-44(39,40)15-12-38)3-4-20(22)23-33-34-24(43-23)21-5-8-31-25(32-21)37-11-14-41-19(17-37)2-1-13-42-26/h1-5,8,16,19,35,38H,6-7,9-15,17H2/b2-1-. The number of nitrogens with zero attached hydrogens (tertiary/aromatic N) is 6. The van der Waals surface area contributed by atoms with Crippen LogP contribution < -0.4 is 14.5 Å². The molecule has 0 radical (unpaired) electrons. The SMILES string of the molecule is O=S(=O)(CCO)Nc1ccc2c(c1)N1CCC(C(F)(F)F)(CC1)OC/C=C\C1CN(CCO1)c1nccc(n1)-c1nnc-2o1. The van der Waals surface area contributed by atoms with Crippen molar-refractivity contribution in [2.24, 2.45) is 0 Å². The van der Waals surface area contributed by atoms with Gasteiger partial charge in [0.1, 0.15) is 5.69 Å². The van der Waals surface area contributed by atoms with Crippen molar-refractivity contribution in [1.29, 1.82) is 0 Å². The maximum atomic E-state index is 14.4. The molecule has 0 aliphatic carbocycles. The van der Waals surface area contributed by atoms with Gasteiger partial charge in [-0.2, -0.15) is 13.2 Å². The summed E-state index contributed by atoms with van der Waals surface area (Å²) in [6.07, 6.45) is -0.973. The molecule has 8 bridgehead atoms. The summed E-state index contributed by atoms with van der Waals surface area (Å²) in [5, 5.41) is 17.5. The van der Waals surface area contributed by atoms with Crippen molar-refractivity contribution in [3.05, 3.63) is 42.6 Å². The first-order valence-corrected chi connectivity index (χ1v) is 15.6. The smallest absolute Gasteiger partial charge is 0.415 e. The number of benzene rings is 1. The van der Waals surface area contributed by atoms with Gasteiger partial charge < -0.3 is 28.8 Å². The molecule has 2 aromatic heterocycles. The van der Waals surface area contributed by atoms with Gasteiger partial charge in [-0.05, 0) is 24.3 Å². The number of anilines is 3. The Kier molecular flexibility index (Phi) is 8.21. The maximum absolute atomic E-state index is 14.4. The summed E-state index contributed by atoms with van der Waals surface area (Å²) in [7, 11) is -3.87. The fraction of sp³-hybridized carbons (Fsp3) is 0.481. The van der Waals surface area contributed by atoms with Crippen LogP contribution >= 0.6 is 0 Å². The largest absolute Gasteiger partial charge is 0.417 e. The molecule has 236 valence electrons. The molecule has 1 unspecified atom stereocenters. The fourth-order valence-corrected chi connectivity index (χ4v) is 6.28. The van der Waals surface area contributed by atoms with E-state index in [0.29, 0.717) is 42.6 Å². The van der Waals surface area contributed by atoms with Crippen molar-refractivity contribution < 1.29 is 40.6 Å². The predicted molar refractivity (Wildman–Crippen MR) is 153 cm³/mol. The van der Waals surface area contributed by atoms with E-state index in [9.17, 15) is 21.6 Å². The number of morpholine rings is 1. The number of hydrogen-bond donors (Lipinski definition) is 2. The van der Waals surface area contributed by atoms with Crippen LogP contribution in [-0.4, -0.2) is 103 Å². The van der Waals surface area contributed by atoms with Crippen LogP contribution in [0.1, 0.15) is 12.8 Å². The Labute approximate surface area is 250 Å². The summed E-state index contributed by atoms with van der Waals surface area (Å²) in [5.41, 5.74) is -1.06. The number of hydrogen-bond acceptors (Lipinski definition) is 12. The number of aromatic nitrogens is 4. The molecule has 0 saturated carbocycles. The molecule has 2 saturated heterocycles. The van der Waals surface area contributed by atoms with E-state index in [2.05, 4.69) is 24.9 Å². The van der Waals surface area contributed by atoms with Crippen LogP contribution in [0.4, 0.5) is 30.5 Å². The van der Waals surface area contributed by atoms with Gasteiger partial charge in [-0.3, -0.25) is 4.72 Å². The second-order valence-corrected chi connectivity index (χ2v) is 12.4. The highest BCUT2D eigenvalue weighted by Gasteiger charge is 2.57. The first-order chi connectivity index (χ1) is 21.1. The van der Waals surface area contributed by atoms with Crippen molar-refractivity contribution >= 4 is 27.3 Å². The molecule has 4 aliphatic rings. The minimum absolute atomic E-state index is 0.0555. The van der Waals surface area contributed by atoms with Crippen LogP contribution in [0.2, 0.25) is 0 Å². The zero-order valence-electron chi connectivity index (χ0n) is 23.4. The molecule has 6 heterocycles. The summed E-state index contributed by atoms with van der Waals surface area (Å²) < 4.78 is 87.8. The van der Waals surface area contributed by atoms with Gasteiger partial charge in [0.2, 0.25) is 21.9 Å². The van der Waals surface area contributed by atoms with Crippen molar-refractivity contribution in [2.75, 3.05) is 66.3 Å². The molecule has 3 aromatic rings. The Balaban J connectivity index is 1.42. The van der Waals surface area contributed by atoms with Gasteiger partial charge >= 0.3 is 6.18 Å². The van der Waals surface area contributed by atoms with E-state index in [1.54, 1.807) is 35.4 Å². The number of sulfonamides is 1. The van der Waals surface area contributed by atoms with E-state index >= 15 is 0 Å². The normalized spacial score (nSPS) is 23.3. The number of piperidine rings is 1. The molecule has 1 atom stereocenters. The monoisotopic (exact) mass is 637 g/mol. The van der Waals surface area contributed by atoms with E-state index in [-0.39, 0.29) is 50.0 Å². The molecular formula is C27H30F3N7O6S. The highest BCUT2D eigenvalue weighted by molar-refractivity contribution is 7.92. The number of aliphatic hydroxyl groups is 1. The first kappa shape index (κ1) is 30.2. The summed E-state index contributed by atoms with van der Waals surface area (Å²) in [4.78, 5) is 12.6. The van der Waals surface area contributed by atoms with Crippen LogP contribution in [0.15, 0.2) is 47.0 Å². The quantitative estimate of drug-likeness (QED) is 0.404. The van der Waals surface area contributed by atoms with E-state index in [1.165, 1.54) is 12.1 Å². The number of alkyl halides is 3. The zero-order chi connectivity index (χ0) is 31.0. The molecule has 13 nitrogen and oxygen atoms in total. The minimum Gasteiger partial charge on any atom is -0.415 e. The number of ether oxygens (including phenoxy) is 2. The van der Waals surface area contributed by atoms with Gasteiger partial charge in [0, 0.05) is 38.7 Å². The summed E-state index contributed by atoms with van der Waals surface area (Å²) in [6, 6.07) is 6.15. The summed E-state index contributed by atoms with van der Waals surface area (Å²) >= 11 is 0. The Morgan fingerprint density at radius 2 is 1.89 bits per heavy atom. The Hall–Kier alpha value is -3.80. The van der Waals surface area contributed by atoms with Crippen molar-refractivity contribution in [3.8, 4) is 23.0 Å². The number of aliphatic hydroxyl groups excluding tert-OH is 1. The van der Waals surface area contributed by atoms with Crippen LogP contribution in [0.25, 0.3) is 23.0 Å². The number of halogens is 3. The lowest BCUT2D eigenvalue weighted by atomic mass is 9.89. The minimum atomic E-state index is -4.63. The topological polar surface area (TPSA) is 156 Å². The third kappa shape index (κ3) is 6.22. The van der Waals surface area contributed by atoms with E-state index < -0.39 is 40.3 Å². The predicted octanol–water partition coefficient (Wildman–Crippen LogP) is 2.62. The zero-order valence-corrected chi connectivity index (χ0v) is 24.2. The van der Waals surface area contributed by atoms with Gasteiger partial charge in [0.25, 0.3) is 5.89 Å². The Morgan fingerprint density at radius 1 is 1.09 bits per heavy atom. The molecule has 17 heteroatoms. The number of nitrogens with one attached hydrogen (secondary N) is 1. The van der Waals surface area contributed by atoms with Gasteiger partial charge in [0.05, 0.1) is 55.2 Å². The van der Waals surface area contributed by atoms with Crippen LogP contribution in [0.5, 0.6) is 0 Å². The summed E-state index contributed by atoms with van der Waals surface area (Å²) in [6.45, 7) is 0.299. The molecule has 1 aromatic carbocycles. The molecule has 4 aliphatic heterocycles. The summed E-state index contributed by atoms with van der Waals surface area (Å²) in [5.74, 6) is 0.0512. The number of rotatable bonds is 4. The molecule has 7 rings (SSSR count). The Bertz CT molecular complexity index is 1630. The molecule has 2 N–H and O–H groups in total. The van der Waals surface area contributed by atoms with Gasteiger partial charge in [-0.15, -0.1) is 10.2 Å². The van der Waals surface area contributed by atoms with E-state index in [0.717, 1.165) is 0 Å². The van der Waals surface area contributed by atoms with Crippen LogP contribution in [-0.2, 0) is 19.5 Å². The third-order valence-corrected chi connectivity index (χ3v) is 9.03. The van der Waals surface area contributed by atoms with Crippen LogP contribution in [0.3, 0.4) is 0 Å². The molecule has 44 heavy (non-hydrogen) atoms. The van der Waals surface area contributed by atoms with Gasteiger partial charge in [-0.25, -0.2) is 18.4 Å². The second-order valence-electron chi connectivity index (χ2n) is 10.6. The molecular weight excluding hydrogens is 607 g/mol. The lowest BCUT2D eigenvalue weighted by Crippen LogP contribution is -2.55. The average Bonchev–Trinajstić information content (AvgIpc) is 3.49. The lowest BCUT2D eigenvalue weighted by molar-refractivity contribution is -0.281. The third-order valence-electron chi connectivity index (χ3n) is 7.76. The highest BCUT2D eigenvalue weighted by atomic mass is 32.2. The van der Waals surface area contributed by atoms with Crippen molar-refractivity contribution in [2.45, 2.75) is 30.7 Å². The van der Waals surface area contributed by atoms with Gasteiger partial charge in [0.15, 0.2) is 5.60 Å².